The Balaban J connectivity index is 1.91. The molecule has 1 aliphatic rings. The largest absolute Gasteiger partial charge is 0.496 e. The lowest BCUT2D eigenvalue weighted by Crippen LogP contribution is -2.45. The van der Waals surface area contributed by atoms with Gasteiger partial charge in [-0.05, 0) is 41.1 Å². The van der Waals surface area contributed by atoms with Crippen LogP contribution in [0.15, 0.2) is 70.5 Å². The van der Waals surface area contributed by atoms with Crippen LogP contribution in [0, 0.1) is 0 Å². The molecule has 0 bridgehead atoms. The number of amides is 2. The summed E-state index contributed by atoms with van der Waals surface area (Å²) < 4.78 is 12.8. The van der Waals surface area contributed by atoms with Crippen LogP contribution in [0.2, 0.25) is 0 Å². The lowest BCUT2D eigenvalue weighted by molar-refractivity contribution is -0.136. The van der Waals surface area contributed by atoms with Gasteiger partial charge < -0.3 is 20.1 Å². The van der Waals surface area contributed by atoms with Crippen molar-refractivity contribution in [3.63, 3.8) is 0 Å². The zero-order valence-corrected chi connectivity index (χ0v) is 19.3. The molecule has 1 atom stereocenters. The number of urea groups is 1. The first kappa shape index (κ1) is 21.6. The van der Waals surface area contributed by atoms with Crippen LogP contribution < -0.4 is 15.4 Å². The Bertz CT molecular complexity index is 1220. The summed E-state index contributed by atoms with van der Waals surface area (Å²) in [4.78, 5) is 24.9. The summed E-state index contributed by atoms with van der Waals surface area (Å²) >= 11 is 3.51. The minimum absolute atomic E-state index is 0.319. The van der Waals surface area contributed by atoms with Gasteiger partial charge in [-0.1, -0.05) is 30.3 Å². The van der Waals surface area contributed by atoms with Gasteiger partial charge >= 0.3 is 12.0 Å². The number of rotatable bonds is 5. The van der Waals surface area contributed by atoms with Gasteiger partial charge in [-0.3, -0.25) is 0 Å². The normalized spacial score (nSPS) is 15.8. The van der Waals surface area contributed by atoms with Gasteiger partial charge in [0.2, 0.25) is 0 Å². The smallest absolute Gasteiger partial charge is 0.337 e. The highest BCUT2D eigenvalue weighted by Gasteiger charge is 2.35. The van der Waals surface area contributed by atoms with Crippen molar-refractivity contribution in [2.45, 2.75) is 13.0 Å². The molecule has 0 fully saturated rings. The molecule has 2 aromatic carbocycles. The fourth-order valence-corrected chi connectivity index (χ4v) is 4.19. The summed E-state index contributed by atoms with van der Waals surface area (Å²) in [6.45, 7) is 1.67. The van der Waals surface area contributed by atoms with Gasteiger partial charge in [-0.2, -0.15) is 5.10 Å². The molecular formula is C23H21BrN4O4. The summed E-state index contributed by atoms with van der Waals surface area (Å²) in [5.41, 5.74) is 3.69. The maximum Gasteiger partial charge on any atom is 0.337 e. The Kier molecular flexibility index (Phi) is 6.00. The second kappa shape index (κ2) is 8.88. The number of hydrogen-bond acceptors (Lipinski definition) is 5. The topological polar surface area (TPSA) is 94.5 Å². The Hall–Kier alpha value is -3.59. The van der Waals surface area contributed by atoms with Gasteiger partial charge in [0, 0.05) is 23.0 Å². The molecule has 0 unspecified atom stereocenters. The highest BCUT2D eigenvalue weighted by atomic mass is 79.9. The van der Waals surface area contributed by atoms with Crippen molar-refractivity contribution in [2.75, 3.05) is 14.2 Å². The van der Waals surface area contributed by atoms with Gasteiger partial charge in [-0.15, -0.1) is 0 Å². The first-order chi connectivity index (χ1) is 15.4. The zero-order valence-electron chi connectivity index (χ0n) is 17.7. The summed E-state index contributed by atoms with van der Waals surface area (Å²) in [6.07, 6.45) is 1.81. The number of benzene rings is 2. The number of nitrogens with one attached hydrogen (secondary N) is 2. The fraction of sp³-hybridized carbons (Fsp3) is 0.174. The van der Waals surface area contributed by atoms with Crippen LogP contribution in [0.4, 0.5) is 4.79 Å². The van der Waals surface area contributed by atoms with Crippen molar-refractivity contribution in [2.24, 2.45) is 0 Å². The van der Waals surface area contributed by atoms with Gasteiger partial charge in [0.1, 0.15) is 5.75 Å². The van der Waals surface area contributed by atoms with E-state index in [1.807, 2.05) is 54.7 Å². The standard InChI is InChI=1S/C23H21BrN4O4/c1-13-19(22(29)32-3)21(26-23(30)25-13)16-12-28(15-9-10-18(31-2)17(24)11-15)27-20(16)14-7-5-4-6-8-14/h4-12,21H,1-3H3,(H2,25,26,30)/t21-/m1/s1. The number of halogens is 1. The molecule has 3 aromatic rings. The van der Waals surface area contributed by atoms with Gasteiger partial charge in [-0.25, -0.2) is 14.3 Å². The van der Waals surface area contributed by atoms with E-state index in [0.29, 0.717) is 28.3 Å². The lowest BCUT2D eigenvalue weighted by Gasteiger charge is -2.27. The Morgan fingerprint density at radius 3 is 2.56 bits per heavy atom. The maximum atomic E-state index is 12.6. The molecule has 2 N–H and O–H groups in total. The minimum Gasteiger partial charge on any atom is -0.496 e. The van der Waals surface area contributed by atoms with Crippen molar-refractivity contribution in [3.05, 3.63) is 76.0 Å². The number of nitrogens with zero attached hydrogens (tertiary/aromatic N) is 2. The lowest BCUT2D eigenvalue weighted by atomic mass is 9.94. The Morgan fingerprint density at radius 2 is 1.91 bits per heavy atom. The van der Waals surface area contributed by atoms with E-state index < -0.39 is 18.0 Å². The summed E-state index contributed by atoms with van der Waals surface area (Å²) in [7, 11) is 2.91. The number of hydrogen-bond donors (Lipinski definition) is 2. The number of ether oxygens (including phenoxy) is 2. The summed E-state index contributed by atoms with van der Waals surface area (Å²) in [5.74, 6) is 0.167. The van der Waals surface area contributed by atoms with E-state index in [-0.39, 0.29) is 0 Å². The highest BCUT2D eigenvalue weighted by molar-refractivity contribution is 9.10. The second-order valence-electron chi connectivity index (χ2n) is 7.12. The van der Waals surface area contributed by atoms with Gasteiger partial charge in [0.25, 0.3) is 0 Å². The van der Waals surface area contributed by atoms with Crippen molar-refractivity contribution >= 4 is 27.9 Å². The molecule has 0 saturated heterocycles. The number of aromatic nitrogens is 2. The van der Waals surface area contributed by atoms with Crippen LogP contribution in [0.1, 0.15) is 18.5 Å². The minimum atomic E-state index is -0.734. The van der Waals surface area contributed by atoms with Crippen LogP contribution in [0.3, 0.4) is 0 Å². The quantitative estimate of drug-likeness (QED) is 0.518. The molecule has 2 amide bonds. The predicted molar refractivity (Wildman–Crippen MR) is 122 cm³/mol. The fourth-order valence-electron chi connectivity index (χ4n) is 3.66. The maximum absolute atomic E-state index is 12.6. The molecule has 8 nitrogen and oxygen atoms in total. The van der Waals surface area contributed by atoms with E-state index in [0.717, 1.165) is 15.7 Å². The number of carbonyl (C=O) groups is 2. The van der Waals surface area contributed by atoms with Crippen molar-refractivity contribution in [3.8, 4) is 22.7 Å². The van der Waals surface area contributed by atoms with Crippen LogP contribution in [-0.4, -0.2) is 36.0 Å². The molecular weight excluding hydrogens is 476 g/mol. The Morgan fingerprint density at radius 1 is 1.16 bits per heavy atom. The van der Waals surface area contributed by atoms with Crippen LogP contribution in [-0.2, 0) is 9.53 Å². The van der Waals surface area contributed by atoms with Gasteiger partial charge in [0.05, 0.1) is 41.7 Å². The van der Waals surface area contributed by atoms with E-state index >= 15 is 0 Å². The number of methoxy groups -OCH3 is 2. The van der Waals surface area contributed by atoms with Crippen molar-refractivity contribution in [1.29, 1.82) is 0 Å². The molecule has 32 heavy (non-hydrogen) atoms. The number of carbonyl (C=O) groups excluding carboxylic acids is 2. The summed E-state index contributed by atoms with van der Waals surface area (Å²) in [5, 5.41) is 10.3. The molecule has 2 heterocycles. The first-order valence-corrected chi connectivity index (χ1v) is 10.6. The molecule has 4 rings (SSSR count). The molecule has 1 aliphatic heterocycles. The third kappa shape index (κ3) is 3.99. The van der Waals surface area contributed by atoms with Crippen LogP contribution in [0.5, 0.6) is 5.75 Å². The van der Waals surface area contributed by atoms with E-state index in [2.05, 4.69) is 26.6 Å². The molecule has 1 aromatic heterocycles. The molecule has 0 saturated carbocycles. The molecule has 0 spiro atoms. The average molecular weight is 497 g/mol. The SMILES string of the molecule is COC(=O)C1=C(C)NC(=O)N[C@@H]1c1cn(-c2ccc(OC)c(Br)c2)nc1-c1ccccc1. The molecule has 164 valence electrons. The van der Waals surface area contributed by atoms with Crippen LogP contribution in [0.25, 0.3) is 16.9 Å². The molecule has 0 radical (unpaired) electrons. The third-order valence-electron chi connectivity index (χ3n) is 5.18. The van der Waals surface area contributed by atoms with Crippen LogP contribution >= 0.6 is 15.9 Å². The van der Waals surface area contributed by atoms with E-state index in [9.17, 15) is 9.59 Å². The monoisotopic (exact) mass is 496 g/mol. The summed E-state index contributed by atoms with van der Waals surface area (Å²) in [6, 6.07) is 14.0. The molecule has 9 heteroatoms. The van der Waals surface area contributed by atoms with Crippen molar-refractivity contribution in [1.82, 2.24) is 20.4 Å². The first-order valence-electron chi connectivity index (χ1n) is 9.78. The predicted octanol–water partition coefficient (Wildman–Crippen LogP) is 4.11. The average Bonchev–Trinajstić information content (AvgIpc) is 3.24. The van der Waals surface area contributed by atoms with E-state index in [4.69, 9.17) is 14.6 Å². The second-order valence-corrected chi connectivity index (χ2v) is 7.98. The number of esters is 1. The zero-order chi connectivity index (χ0) is 22.8. The van der Waals surface area contributed by atoms with Crippen molar-refractivity contribution < 1.29 is 19.1 Å². The molecule has 0 aliphatic carbocycles. The number of allylic oxidation sites excluding steroid dienone is 1. The van der Waals surface area contributed by atoms with Gasteiger partial charge in [0.15, 0.2) is 0 Å². The van der Waals surface area contributed by atoms with E-state index in [1.54, 1.807) is 18.7 Å². The van der Waals surface area contributed by atoms with E-state index in [1.165, 1.54) is 7.11 Å². The Labute approximate surface area is 193 Å². The highest BCUT2D eigenvalue weighted by Crippen LogP contribution is 2.35. The third-order valence-corrected chi connectivity index (χ3v) is 5.79.